The maximum atomic E-state index is 5.69. The molecule has 0 aromatic rings. The topological polar surface area (TPSA) is 31.2 Å². The lowest BCUT2D eigenvalue weighted by atomic mass is 9.97. The zero-order chi connectivity index (χ0) is 7.68. The Morgan fingerprint density at radius 2 is 2.18 bits per heavy atom. The number of ether oxygens (including phenoxy) is 1. The average Bonchev–Trinajstić information content (AvgIpc) is 2.67. The van der Waals surface area contributed by atoms with Crippen LogP contribution in [-0.2, 0) is 4.74 Å². The summed E-state index contributed by atoms with van der Waals surface area (Å²) >= 11 is 0. The zero-order valence-corrected chi connectivity index (χ0v) is 7.18. The molecule has 11 heavy (non-hydrogen) atoms. The van der Waals surface area contributed by atoms with Crippen LogP contribution >= 0.6 is 0 Å². The summed E-state index contributed by atoms with van der Waals surface area (Å²) in [4.78, 5) is 0. The van der Waals surface area contributed by atoms with E-state index in [9.17, 15) is 0 Å². The van der Waals surface area contributed by atoms with E-state index in [1.54, 1.807) is 0 Å². The first-order valence-electron chi connectivity index (χ1n) is 4.77. The molecule has 2 aliphatic rings. The summed E-state index contributed by atoms with van der Waals surface area (Å²) in [5.74, 6) is 0. The van der Waals surface area contributed by atoms with Crippen LogP contribution in [0.3, 0.4) is 0 Å². The molecule has 3 atom stereocenters. The summed E-state index contributed by atoms with van der Waals surface area (Å²) in [5, 5.41) is 3.30. The molecule has 1 N–H and O–H groups in total. The van der Waals surface area contributed by atoms with E-state index in [0.29, 0.717) is 12.2 Å². The minimum absolute atomic E-state index is 0.589. The highest BCUT2D eigenvalue weighted by molar-refractivity contribution is 4.89. The molecule has 2 aliphatic heterocycles. The molecule has 0 radical (unpaired) electrons. The monoisotopic (exact) mass is 155 g/mol. The van der Waals surface area contributed by atoms with Gasteiger partial charge in [-0.05, 0) is 19.3 Å². The van der Waals surface area contributed by atoms with Crippen molar-refractivity contribution in [3.8, 4) is 0 Å². The Bertz CT molecular complexity index is 128. The Kier molecular flexibility index (Phi) is 2.14. The quantitative estimate of drug-likeness (QED) is 0.620. The van der Waals surface area contributed by atoms with Crippen LogP contribution in [0.4, 0.5) is 0 Å². The van der Waals surface area contributed by atoms with Crippen molar-refractivity contribution in [2.75, 3.05) is 6.54 Å². The van der Waals surface area contributed by atoms with Crippen molar-refractivity contribution < 1.29 is 4.74 Å². The molecule has 0 aromatic heterocycles. The third kappa shape index (κ3) is 1.94. The van der Waals surface area contributed by atoms with Crippen LogP contribution < -0.4 is 5.32 Å². The van der Waals surface area contributed by atoms with Crippen molar-refractivity contribution >= 4 is 0 Å². The summed E-state index contributed by atoms with van der Waals surface area (Å²) in [6.07, 6.45) is 6.27. The van der Waals surface area contributed by atoms with Crippen molar-refractivity contribution in [1.29, 1.82) is 0 Å². The summed E-state index contributed by atoms with van der Waals surface area (Å²) in [7, 11) is 0. The lowest BCUT2D eigenvalue weighted by Crippen LogP contribution is -2.38. The highest BCUT2D eigenvalue weighted by Crippen LogP contribution is 2.28. The Labute approximate surface area is 68.3 Å². The Morgan fingerprint density at radius 3 is 2.73 bits per heavy atom. The van der Waals surface area contributed by atoms with Gasteiger partial charge < -0.3 is 10.1 Å². The highest BCUT2D eigenvalue weighted by Gasteiger charge is 2.33. The Balaban J connectivity index is 1.56. The van der Waals surface area contributed by atoms with Crippen molar-refractivity contribution in [2.24, 2.45) is 0 Å². The third-order valence-corrected chi connectivity index (χ3v) is 2.56. The van der Waals surface area contributed by atoms with Crippen molar-refractivity contribution in [1.82, 2.24) is 5.32 Å². The summed E-state index contributed by atoms with van der Waals surface area (Å²) in [6.45, 7) is 3.44. The third-order valence-electron chi connectivity index (χ3n) is 2.56. The number of nitrogens with one attached hydrogen (secondary N) is 1. The van der Waals surface area contributed by atoms with Crippen LogP contribution in [0.15, 0.2) is 0 Å². The van der Waals surface area contributed by atoms with Gasteiger partial charge in [-0.15, -0.1) is 0 Å². The fourth-order valence-electron chi connectivity index (χ4n) is 1.78. The molecule has 0 bridgehead atoms. The predicted molar refractivity (Wildman–Crippen MR) is 44.6 cm³/mol. The van der Waals surface area contributed by atoms with Gasteiger partial charge in [0.15, 0.2) is 0 Å². The summed E-state index contributed by atoms with van der Waals surface area (Å²) in [5.41, 5.74) is 0. The molecular formula is C9H17NO. The van der Waals surface area contributed by atoms with E-state index < -0.39 is 0 Å². The summed E-state index contributed by atoms with van der Waals surface area (Å²) < 4.78 is 5.69. The molecule has 2 rings (SSSR count). The molecule has 2 heteroatoms. The first kappa shape index (κ1) is 7.56. The molecule has 0 saturated carbocycles. The minimum atomic E-state index is 0.589. The van der Waals surface area contributed by atoms with Gasteiger partial charge >= 0.3 is 0 Å². The lowest BCUT2D eigenvalue weighted by molar-refractivity contribution is -0.129. The molecule has 2 nitrogen and oxygen atoms in total. The standard InChI is InChI=1S/C9H17NO/c1-2-3-8-5-9(11-8)4-7-6-10-7/h7-10H,2-6H2,1H3. The Morgan fingerprint density at radius 1 is 1.45 bits per heavy atom. The largest absolute Gasteiger partial charge is 0.375 e. The second kappa shape index (κ2) is 3.11. The van der Waals surface area contributed by atoms with E-state index in [2.05, 4.69) is 12.2 Å². The molecular weight excluding hydrogens is 138 g/mol. The van der Waals surface area contributed by atoms with Gasteiger partial charge in [-0.2, -0.15) is 0 Å². The Hall–Kier alpha value is -0.0800. The van der Waals surface area contributed by atoms with E-state index in [1.807, 2.05) is 0 Å². The predicted octanol–water partition coefficient (Wildman–Crippen LogP) is 1.31. The normalized spacial score (nSPS) is 41.7. The van der Waals surface area contributed by atoms with Gasteiger partial charge in [0.1, 0.15) is 0 Å². The van der Waals surface area contributed by atoms with E-state index in [1.165, 1.54) is 32.2 Å². The van der Waals surface area contributed by atoms with E-state index >= 15 is 0 Å². The molecule has 2 heterocycles. The van der Waals surface area contributed by atoms with Gasteiger partial charge in [0.2, 0.25) is 0 Å². The van der Waals surface area contributed by atoms with Gasteiger partial charge in [0, 0.05) is 12.6 Å². The van der Waals surface area contributed by atoms with Gasteiger partial charge in [0.05, 0.1) is 12.2 Å². The maximum Gasteiger partial charge on any atom is 0.0618 e. The highest BCUT2D eigenvalue weighted by atomic mass is 16.5. The van der Waals surface area contributed by atoms with E-state index in [4.69, 9.17) is 4.74 Å². The van der Waals surface area contributed by atoms with Crippen LogP contribution in [0, 0.1) is 0 Å². The van der Waals surface area contributed by atoms with Crippen LogP contribution in [0.5, 0.6) is 0 Å². The van der Waals surface area contributed by atoms with Gasteiger partial charge in [-0.1, -0.05) is 13.3 Å². The zero-order valence-electron chi connectivity index (χ0n) is 7.18. The van der Waals surface area contributed by atoms with Crippen LogP contribution in [-0.4, -0.2) is 24.8 Å². The minimum Gasteiger partial charge on any atom is -0.375 e. The second-order valence-corrected chi connectivity index (χ2v) is 3.75. The number of hydrogen-bond donors (Lipinski definition) is 1. The van der Waals surface area contributed by atoms with Crippen LogP contribution in [0.2, 0.25) is 0 Å². The van der Waals surface area contributed by atoms with Gasteiger partial charge in [-0.3, -0.25) is 0 Å². The fraction of sp³-hybridized carbons (Fsp3) is 1.00. The molecule has 2 saturated heterocycles. The molecule has 0 aromatic carbocycles. The first-order valence-corrected chi connectivity index (χ1v) is 4.77. The van der Waals surface area contributed by atoms with Crippen LogP contribution in [0.1, 0.15) is 32.6 Å². The molecule has 0 amide bonds. The van der Waals surface area contributed by atoms with Crippen molar-refractivity contribution in [3.05, 3.63) is 0 Å². The first-order chi connectivity index (χ1) is 5.38. The molecule has 3 unspecified atom stereocenters. The van der Waals surface area contributed by atoms with Crippen molar-refractivity contribution in [3.63, 3.8) is 0 Å². The van der Waals surface area contributed by atoms with E-state index in [-0.39, 0.29) is 0 Å². The SMILES string of the molecule is CCCC1CC(CC2CN2)O1. The van der Waals surface area contributed by atoms with Gasteiger partial charge in [0.25, 0.3) is 0 Å². The number of hydrogen-bond acceptors (Lipinski definition) is 2. The molecule has 2 fully saturated rings. The van der Waals surface area contributed by atoms with Crippen molar-refractivity contribution in [2.45, 2.75) is 50.9 Å². The lowest BCUT2D eigenvalue weighted by Gasteiger charge is -2.36. The van der Waals surface area contributed by atoms with Gasteiger partial charge in [-0.25, -0.2) is 0 Å². The molecule has 64 valence electrons. The average molecular weight is 155 g/mol. The smallest absolute Gasteiger partial charge is 0.0618 e. The second-order valence-electron chi connectivity index (χ2n) is 3.75. The van der Waals surface area contributed by atoms with Crippen LogP contribution in [0.25, 0.3) is 0 Å². The fourth-order valence-corrected chi connectivity index (χ4v) is 1.78. The summed E-state index contributed by atoms with van der Waals surface area (Å²) in [6, 6.07) is 0.794. The molecule has 0 aliphatic carbocycles. The molecule has 0 spiro atoms. The maximum absolute atomic E-state index is 5.69. The number of rotatable bonds is 4. The van der Waals surface area contributed by atoms with E-state index in [0.717, 1.165) is 6.04 Å².